The van der Waals surface area contributed by atoms with E-state index in [1.165, 1.54) is 15.6 Å². The number of hydrogen-bond donors (Lipinski definition) is 2. The van der Waals surface area contributed by atoms with Gasteiger partial charge in [-0.25, -0.2) is 9.97 Å². The molecule has 0 saturated carbocycles. The van der Waals surface area contributed by atoms with Gasteiger partial charge in [-0.1, -0.05) is 37.6 Å². The quantitative estimate of drug-likeness (QED) is 0.323. The molecule has 2 aromatic heterocycles. The number of nitrogens with zero attached hydrogens (tertiary/aromatic N) is 2. The summed E-state index contributed by atoms with van der Waals surface area (Å²) in [6.07, 6.45) is 4.28. The molecule has 1 unspecified atom stereocenters. The molecular weight excluding hydrogens is 418 g/mol. The number of hydrogen-bond acceptors (Lipinski definition) is 5. The molecule has 2 N–H and O–H groups in total. The minimum absolute atomic E-state index is 0.526. The third-order valence-corrected chi connectivity index (χ3v) is 6.60. The van der Waals surface area contributed by atoms with Crippen LogP contribution in [0.5, 0.6) is 0 Å². The van der Waals surface area contributed by atoms with Crippen LogP contribution in [0.2, 0.25) is 0 Å². The molecule has 0 fully saturated rings. The fourth-order valence-electron chi connectivity index (χ4n) is 3.92. The second-order valence-electron chi connectivity index (χ2n) is 7.98. The van der Waals surface area contributed by atoms with Crippen LogP contribution >= 0.6 is 11.3 Å². The van der Waals surface area contributed by atoms with Crippen LogP contribution in [-0.4, -0.2) is 27.6 Å². The van der Waals surface area contributed by atoms with Gasteiger partial charge in [0.2, 0.25) is 0 Å². The molecule has 0 saturated heterocycles. The lowest BCUT2D eigenvalue weighted by atomic mass is 9.91. The SMILES string of the molecule is CCCc1cc(-c2cc(NCCc3ccc4sccc4c3)ncn2)ccc1C(C)C(=O)O. The molecule has 0 aliphatic carbocycles. The van der Waals surface area contributed by atoms with E-state index < -0.39 is 11.9 Å². The number of benzene rings is 2. The summed E-state index contributed by atoms with van der Waals surface area (Å²) in [6, 6.07) is 16.7. The Bertz CT molecular complexity index is 1230. The first-order chi connectivity index (χ1) is 15.5. The average molecular weight is 446 g/mol. The van der Waals surface area contributed by atoms with Crippen molar-refractivity contribution in [3.8, 4) is 11.3 Å². The van der Waals surface area contributed by atoms with E-state index in [1.807, 2.05) is 18.2 Å². The zero-order chi connectivity index (χ0) is 22.5. The van der Waals surface area contributed by atoms with Crippen molar-refractivity contribution in [1.29, 1.82) is 0 Å². The maximum Gasteiger partial charge on any atom is 0.310 e. The summed E-state index contributed by atoms with van der Waals surface area (Å²) in [5, 5.41) is 16.2. The van der Waals surface area contributed by atoms with Crippen LogP contribution in [0.15, 0.2) is 60.2 Å². The Morgan fingerprint density at radius 1 is 1.09 bits per heavy atom. The van der Waals surface area contributed by atoms with Gasteiger partial charge in [0.15, 0.2) is 0 Å². The fourth-order valence-corrected chi connectivity index (χ4v) is 4.70. The molecule has 5 nitrogen and oxygen atoms in total. The molecule has 164 valence electrons. The summed E-state index contributed by atoms with van der Waals surface area (Å²) in [5.74, 6) is -0.546. The number of nitrogens with one attached hydrogen (secondary N) is 1. The van der Waals surface area contributed by atoms with Crippen molar-refractivity contribution < 1.29 is 9.90 Å². The lowest BCUT2D eigenvalue weighted by molar-refractivity contribution is -0.138. The van der Waals surface area contributed by atoms with Gasteiger partial charge in [-0.2, -0.15) is 0 Å². The first-order valence-electron chi connectivity index (χ1n) is 10.9. The van der Waals surface area contributed by atoms with Gasteiger partial charge in [0.1, 0.15) is 12.1 Å². The summed E-state index contributed by atoms with van der Waals surface area (Å²) >= 11 is 1.76. The highest BCUT2D eigenvalue weighted by Gasteiger charge is 2.18. The van der Waals surface area contributed by atoms with Crippen LogP contribution in [0.4, 0.5) is 5.82 Å². The lowest BCUT2D eigenvalue weighted by Crippen LogP contribution is -2.10. The first-order valence-corrected chi connectivity index (χ1v) is 11.8. The fraction of sp³-hybridized carbons (Fsp3) is 0.269. The molecule has 0 spiro atoms. The Morgan fingerprint density at radius 3 is 2.78 bits per heavy atom. The van der Waals surface area contributed by atoms with Gasteiger partial charge in [-0.05, 0) is 65.4 Å². The third kappa shape index (κ3) is 4.97. The number of thiophene rings is 1. The molecule has 32 heavy (non-hydrogen) atoms. The minimum Gasteiger partial charge on any atom is -0.481 e. The number of carboxylic acid groups (broad SMARTS) is 1. The lowest BCUT2D eigenvalue weighted by Gasteiger charge is -2.15. The van der Waals surface area contributed by atoms with E-state index in [0.29, 0.717) is 0 Å². The summed E-state index contributed by atoms with van der Waals surface area (Å²) in [4.78, 5) is 20.3. The van der Waals surface area contributed by atoms with Gasteiger partial charge in [0, 0.05) is 22.9 Å². The normalized spacial score (nSPS) is 12.1. The highest BCUT2D eigenvalue weighted by Crippen LogP contribution is 2.28. The molecule has 4 rings (SSSR count). The Kier molecular flexibility index (Phi) is 6.81. The number of rotatable bonds is 9. The first kappa shape index (κ1) is 22.0. The number of aryl methyl sites for hydroxylation is 1. The van der Waals surface area contributed by atoms with Crippen molar-refractivity contribution in [2.24, 2.45) is 0 Å². The van der Waals surface area contributed by atoms with E-state index in [9.17, 15) is 9.90 Å². The van der Waals surface area contributed by atoms with Crippen LogP contribution in [0, 0.1) is 0 Å². The number of carbonyl (C=O) groups is 1. The van der Waals surface area contributed by atoms with Crippen LogP contribution in [0.3, 0.4) is 0 Å². The summed E-state index contributed by atoms with van der Waals surface area (Å²) in [7, 11) is 0. The van der Waals surface area contributed by atoms with Gasteiger partial charge < -0.3 is 10.4 Å². The molecule has 0 bridgehead atoms. The second-order valence-corrected chi connectivity index (χ2v) is 8.93. The van der Waals surface area contributed by atoms with Gasteiger partial charge in [-0.15, -0.1) is 11.3 Å². The molecule has 4 aromatic rings. The molecule has 0 aliphatic rings. The minimum atomic E-state index is -0.804. The topological polar surface area (TPSA) is 75.1 Å². The van der Waals surface area contributed by atoms with Gasteiger partial charge in [0.05, 0.1) is 11.6 Å². The Labute approximate surface area is 192 Å². The van der Waals surface area contributed by atoms with E-state index in [1.54, 1.807) is 24.6 Å². The van der Waals surface area contributed by atoms with Crippen molar-refractivity contribution in [2.75, 3.05) is 11.9 Å². The summed E-state index contributed by atoms with van der Waals surface area (Å²) < 4.78 is 1.31. The zero-order valence-corrected chi connectivity index (χ0v) is 19.2. The molecular formula is C26H27N3O2S. The number of anilines is 1. The molecule has 2 heterocycles. The Balaban J connectivity index is 1.48. The maximum atomic E-state index is 11.5. The van der Waals surface area contributed by atoms with E-state index in [2.05, 4.69) is 57.9 Å². The highest BCUT2D eigenvalue weighted by molar-refractivity contribution is 7.17. The van der Waals surface area contributed by atoms with Gasteiger partial charge in [0.25, 0.3) is 0 Å². The molecule has 2 aromatic carbocycles. The van der Waals surface area contributed by atoms with E-state index in [-0.39, 0.29) is 0 Å². The van der Waals surface area contributed by atoms with E-state index in [4.69, 9.17) is 0 Å². The summed E-state index contributed by atoms with van der Waals surface area (Å²) in [5.41, 5.74) is 5.04. The summed E-state index contributed by atoms with van der Waals surface area (Å²) in [6.45, 7) is 4.62. The Morgan fingerprint density at radius 2 is 1.97 bits per heavy atom. The number of carboxylic acids is 1. The third-order valence-electron chi connectivity index (χ3n) is 5.70. The molecule has 0 aliphatic heterocycles. The predicted octanol–water partition coefficient (Wildman–Crippen LogP) is 6.15. The Hall–Kier alpha value is -3.25. The van der Waals surface area contributed by atoms with Gasteiger partial charge >= 0.3 is 5.97 Å². The van der Waals surface area contributed by atoms with E-state index >= 15 is 0 Å². The van der Waals surface area contributed by atoms with Crippen LogP contribution in [0.25, 0.3) is 21.3 Å². The predicted molar refractivity (Wildman–Crippen MR) is 132 cm³/mol. The highest BCUT2D eigenvalue weighted by atomic mass is 32.1. The second kappa shape index (κ2) is 9.92. The standard InChI is InChI=1S/C26H27N3O2S/c1-3-4-19-14-20(6-7-22(19)17(2)26(30)31)23-15-25(29-16-28-23)27-11-9-18-5-8-24-21(13-18)10-12-32-24/h5-8,10,12-17H,3-4,9,11H2,1-2H3,(H,30,31)(H,27,28,29). The van der Waals surface area contributed by atoms with Crippen LogP contribution in [-0.2, 0) is 17.6 Å². The largest absolute Gasteiger partial charge is 0.481 e. The average Bonchev–Trinajstić information content (AvgIpc) is 3.27. The van der Waals surface area contributed by atoms with Crippen molar-refractivity contribution in [3.63, 3.8) is 0 Å². The van der Waals surface area contributed by atoms with Crippen LogP contribution < -0.4 is 5.32 Å². The number of aliphatic carboxylic acids is 1. The maximum absolute atomic E-state index is 11.5. The van der Waals surface area contributed by atoms with Crippen molar-refractivity contribution in [3.05, 3.63) is 76.9 Å². The van der Waals surface area contributed by atoms with Crippen LogP contribution in [0.1, 0.15) is 42.9 Å². The van der Waals surface area contributed by atoms with E-state index in [0.717, 1.165) is 54.0 Å². The van der Waals surface area contributed by atoms with Crippen molar-refractivity contribution in [2.45, 2.75) is 39.0 Å². The molecule has 1 atom stereocenters. The smallest absolute Gasteiger partial charge is 0.310 e. The monoisotopic (exact) mass is 445 g/mol. The van der Waals surface area contributed by atoms with Crippen molar-refractivity contribution in [1.82, 2.24) is 9.97 Å². The van der Waals surface area contributed by atoms with Crippen molar-refractivity contribution >= 4 is 33.2 Å². The zero-order valence-electron chi connectivity index (χ0n) is 18.3. The number of fused-ring (bicyclic) bond motifs is 1. The number of aromatic nitrogens is 2. The molecule has 0 radical (unpaired) electrons. The molecule has 6 heteroatoms. The van der Waals surface area contributed by atoms with Gasteiger partial charge in [-0.3, -0.25) is 4.79 Å². The molecule has 0 amide bonds.